The van der Waals surface area contributed by atoms with Crippen molar-refractivity contribution in [2.75, 3.05) is 11.9 Å². The second-order valence-corrected chi connectivity index (χ2v) is 10.3. The number of nitrogens with zero attached hydrogens (tertiary/aromatic N) is 6. The van der Waals surface area contributed by atoms with E-state index >= 15 is 0 Å². The Morgan fingerprint density at radius 3 is 2.36 bits per heavy atom. The van der Waals surface area contributed by atoms with Crippen LogP contribution in [0.4, 0.5) is 19.1 Å². The van der Waals surface area contributed by atoms with Gasteiger partial charge in [0.1, 0.15) is 6.54 Å². The SMILES string of the molecule is CC(C)(N)CNc1nc(Cn2nc(-c3ccc(Cl)cc3)n(C[C@H](O)C(F)(F)F)c2=O)nn1-c1ccccc1Cl. The minimum Gasteiger partial charge on any atom is -0.382 e. The Balaban J connectivity index is 1.76. The van der Waals surface area contributed by atoms with Crippen molar-refractivity contribution in [3.8, 4) is 17.1 Å². The van der Waals surface area contributed by atoms with Crippen LogP contribution in [0, 0.1) is 0 Å². The number of benzene rings is 2. The van der Waals surface area contributed by atoms with E-state index < -0.39 is 30.1 Å². The maximum absolute atomic E-state index is 13.2. The first kappa shape index (κ1) is 28.6. The molecule has 10 nitrogen and oxygen atoms in total. The molecule has 0 aliphatic heterocycles. The van der Waals surface area contributed by atoms with E-state index in [1.54, 1.807) is 24.3 Å². The van der Waals surface area contributed by atoms with Crippen molar-refractivity contribution in [3.63, 3.8) is 0 Å². The van der Waals surface area contributed by atoms with Crippen molar-refractivity contribution in [2.24, 2.45) is 5.73 Å². The van der Waals surface area contributed by atoms with Gasteiger partial charge in [-0.25, -0.2) is 9.48 Å². The maximum Gasteiger partial charge on any atom is 0.416 e. The Kier molecular flexibility index (Phi) is 8.07. The molecule has 0 spiro atoms. The molecule has 0 unspecified atom stereocenters. The van der Waals surface area contributed by atoms with Crippen molar-refractivity contribution in [1.29, 1.82) is 0 Å². The molecule has 2 heterocycles. The lowest BCUT2D eigenvalue weighted by Gasteiger charge is -2.19. The largest absolute Gasteiger partial charge is 0.416 e. The van der Waals surface area contributed by atoms with Gasteiger partial charge in [-0.15, -0.1) is 10.2 Å². The van der Waals surface area contributed by atoms with E-state index in [2.05, 4.69) is 20.5 Å². The molecule has 2 aromatic heterocycles. The van der Waals surface area contributed by atoms with E-state index in [-0.39, 0.29) is 24.1 Å². The van der Waals surface area contributed by atoms with Gasteiger partial charge in [0.15, 0.2) is 17.8 Å². The van der Waals surface area contributed by atoms with Crippen LogP contribution >= 0.6 is 23.2 Å². The Morgan fingerprint density at radius 2 is 1.74 bits per heavy atom. The molecule has 0 aliphatic carbocycles. The third kappa shape index (κ3) is 6.79. The molecule has 0 amide bonds. The zero-order chi connectivity index (χ0) is 28.5. The first-order valence-electron chi connectivity index (χ1n) is 11.6. The summed E-state index contributed by atoms with van der Waals surface area (Å²) in [6.45, 7) is 2.61. The lowest BCUT2D eigenvalue weighted by atomic mass is 10.1. The van der Waals surface area contributed by atoms with E-state index in [1.165, 1.54) is 28.9 Å². The molecule has 0 fully saturated rings. The van der Waals surface area contributed by atoms with Crippen LogP contribution in [0.15, 0.2) is 53.3 Å². The van der Waals surface area contributed by atoms with Gasteiger partial charge in [0.2, 0.25) is 5.95 Å². The van der Waals surface area contributed by atoms with Crippen LogP contribution in [0.2, 0.25) is 10.0 Å². The average Bonchev–Trinajstić information content (AvgIpc) is 3.39. The fourth-order valence-electron chi connectivity index (χ4n) is 3.57. The second kappa shape index (κ2) is 11.0. The summed E-state index contributed by atoms with van der Waals surface area (Å²) < 4.78 is 42.6. The number of aliphatic hydroxyl groups is 1. The van der Waals surface area contributed by atoms with Crippen molar-refractivity contribution in [2.45, 2.75) is 44.8 Å². The lowest BCUT2D eigenvalue weighted by molar-refractivity contribution is -0.207. The molecule has 1 atom stereocenters. The highest BCUT2D eigenvalue weighted by Gasteiger charge is 2.39. The third-order valence-corrected chi connectivity index (χ3v) is 6.06. The van der Waals surface area contributed by atoms with E-state index in [0.29, 0.717) is 27.8 Å². The Bertz CT molecular complexity index is 1510. The van der Waals surface area contributed by atoms with Crippen LogP contribution < -0.4 is 16.7 Å². The molecule has 4 aromatic rings. The normalized spacial score (nSPS) is 13.1. The van der Waals surface area contributed by atoms with Crippen molar-refractivity contribution < 1.29 is 18.3 Å². The molecule has 0 saturated heterocycles. The Hall–Kier alpha value is -3.39. The molecule has 2 aromatic carbocycles. The average molecular weight is 585 g/mol. The summed E-state index contributed by atoms with van der Waals surface area (Å²) in [6, 6.07) is 12.9. The molecule has 0 saturated carbocycles. The Morgan fingerprint density at radius 1 is 1.08 bits per heavy atom. The molecule has 4 rings (SSSR count). The van der Waals surface area contributed by atoms with Gasteiger partial charge in [-0.05, 0) is 50.2 Å². The second-order valence-electron chi connectivity index (χ2n) is 9.50. The lowest BCUT2D eigenvalue weighted by Crippen LogP contribution is -2.40. The molecule has 208 valence electrons. The summed E-state index contributed by atoms with van der Waals surface area (Å²) in [7, 11) is 0. The van der Waals surface area contributed by atoms with E-state index in [4.69, 9.17) is 28.9 Å². The molecule has 0 aliphatic rings. The number of rotatable bonds is 9. The fourth-order valence-corrected chi connectivity index (χ4v) is 3.91. The van der Waals surface area contributed by atoms with E-state index in [1.807, 2.05) is 13.8 Å². The minimum absolute atomic E-state index is 0.0891. The van der Waals surface area contributed by atoms with Crippen LogP contribution in [-0.4, -0.2) is 58.6 Å². The fraction of sp³-hybridized carbons (Fsp3) is 0.333. The standard InChI is InChI=1S/C24H25Cl2F3N8O2/c1-23(2,30)13-31-21-32-19(33-37(21)17-6-4-3-5-16(17)26)12-36-22(39)35(11-18(38)24(27,28)29)20(34-36)14-7-9-15(25)10-8-14/h3-10,18,38H,11-13,30H2,1-2H3,(H,31,32,33)/t18-/m0/s1. The number of nitrogens with two attached hydrogens (primary N) is 1. The van der Waals surface area contributed by atoms with Crippen molar-refractivity contribution in [1.82, 2.24) is 29.1 Å². The molecule has 0 radical (unpaired) electrons. The monoisotopic (exact) mass is 584 g/mol. The molecule has 4 N–H and O–H groups in total. The molecule has 15 heteroatoms. The smallest absolute Gasteiger partial charge is 0.382 e. The van der Waals surface area contributed by atoms with Crippen LogP contribution in [0.5, 0.6) is 0 Å². The number of hydrogen-bond donors (Lipinski definition) is 3. The zero-order valence-corrected chi connectivity index (χ0v) is 22.3. The van der Waals surface area contributed by atoms with Crippen molar-refractivity contribution >= 4 is 29.2 Å². The first-order chi connectivity index (χ1) is 18.2. The summed E-state index contributed by atoms with van der Waals surface area (Å²) in [6.07, 6.45) is -7.72. The van der Waals surface area contributed by atoms with Crippen molar-refractivity contribution in [3.05, 3.63) is 74.9 Å². The third-order valence-electron chi connectivity index (χ3n) is 5.48. The highest BCUT2D eigenvalue weighted by Crippen LogP contribution is 2.25. The van der Waals surface area contributed by atoms with Gasteiger partial charge in [0.05, 0.1) is 17.3 Å². The predicted molar refractivity (Wildman–Crippen MR) is 141 cm³/mol. The number of aliphatic hydroxyl groups excluding tert-OH is 1. The number of aromatic nitrogens is 6. The molecular weight excluding hydrogens is 560 g/mol. The summed E-state index contributed by atoms with van der Waals surface area (Å²) in [4.78, 5) is 17.7. The summed E-state index contributed by atoms with van der Waals surface area (Å²) in [5.41, 5.74) is 5.43. The number of halogens is 5. The molecule has 39 heavy (non-hydrogen) atoms. The topological polar surface area (TPSA) is 129 Å². The quantitative estimate of drug-likeness (QED) is 0.273. The number of anilines is 1. The van der Waals surface area contributed by atoms with Gasteiger partial charge < -0.3 is 16.2 Å². The van der Waals surface area contributed by atoms with Gasteiger partial charge in [-0.2, -0.15) is 22.8 Å². The van der Waals surface area contributed by atoms with Gasteiger partial charge in [0, 0.05) is 22.7 Å². The Labute approximate surface area is 230 Å². The van der Waals surface area contributed by atoms with Gasteiger partial charge >= 0.3 is 11.9 Å². The van der Waals surface area contributed by atoms with Crippen LogP contribution in [0.25, 0.3) is 17.1 Å². The summed E-state index contributed by atoms with van der Waals surface area (Å²) in [5.74, 6) is 0.321. The van der Waals surface area contributed by atoms with Gasteiger partial charge in [-0.1, -0.05) is 35.3 Å². The van der Waals surface area contributed by atoms with Crippen LogP contribution in [0.1, 0.15) is 19.7 Å². The molecular formula is C24H25Cl2F3N8O2. The number of para-hydroxylation sites is 1. The summed E-state index contributed by atoms with van der Waals surface area (Å²) >= 11 is 12.3. The molecule has 0 bridgehead atoms. The minimum atomic E-state index is -4.94. The van der Waals surface area contributed by atoms with Crippen LogP contribution in [0.3, 0.4) is 0 Å². The van der Waals surface area contributed by atoms with E-state index in [9.17, 15) is 23.1 Å². The highest BCUT2D eigenvalue weighted by molar-refractivity contribution is 6.32. The number of nitrogens with one attached hydrogen (secondary N) is 1. The highest BCUT2D eigenvalue weighted by atomic mass is 35.5. The summed E-state index contributed by atoms with van der Waals surface area (Å²) in [5, 5.41) is 22.3. The predicted octanol–water partition coefficient (Wildman–Crippen LogP) is 3.72. The number of hydrogen-bond acceptors (Lipinski definition) is 7. The maximum atomic E-state index is 13.2. The number of alkyl halides is 3. The van der Waals surface area contributed by atoms with E-state index in [0.717, 1.165) is 9.25 Å². The first-order valence-corrected chi connectivity index (χ1v) is 12.4. The zero-order valence-electron chi connectivity index (χ0n) is 20.8. The van der Waals surface area contributed by atoms with Gasteiger partial charge in [0.25, 0.3) is 0 Å². The van der Waals surface area contributed by atoms with Gasteiger partial charge in [-0.3, -0.25) is 4.57 Å². The van der Waals surface area contributed by atoms with Crippen LogP contribution in [-0.2, 0) is 13.1 Å².